The Bertz CT molecular complexity index is 713. The van der Waals surface area contributed by atoms with Crippen molar-refractivity contribution >= 4 is 28.1 Å². The molecular formula is C13H18N6O2S. The third kappa shape index (κ3) is 2.56. The number of hydrogen-bond donors (Lipinski definition) is 0. The van der Waals surface area contributed by atoms with E-state index in [1.54, 1.807) is 21.2 Å². The van der Waals surface area contributed by atoms with Gasteiger partial charge in [-0.05, 0) is 0 Å². The fourth-order valence-electron chi connectivity index (χ4n) is 2.44. The van der Waals surface area contributed by atoms with Gasteiger partial charge in [-0.2, -0.15) is 4.52 Å². The summed E-state index contributed by atoms with van der Waals surface area (Å²) < 4.78 is 1.65. The van der Waals surface area contributed by atoms with Crippen LogP contribution in [0.4, 0.5) is 0 Å². The first-order valence-corrected chi connectivity index (χ1v) is 8.06. The molecule has 2 aromatic rings. The zero-order chi connectivity index (χ0) is 15.9. The van der Waals surface area contributed by atoms with E-state index in [0.29, 0.717) is 36.1 Å². The van der Waals surface area contributed by atoms with E-state index in [0.717, 1.165) is 5.82 Å². The zero-order valence-electron chi connectivity index (χ0n) is 12.8. The van der Waals surface area contributed by atoms with Gasteiger partial charge in [-0.3, -0.25) is 9.59 Å². The second kappa shape index (κ2) is 5.64. The third-order valence-electron chi connectivity index (χ3n) is 3.73. The first kappa shape index (κ1) is 14.9. The van der Waals surface area contributed by atoms with Gasteiger partial charge in [0.1, 0.15) is 0 Å². The van der Waals surface area contributed by atoms with Crippen molar-refractivity contribution < 1.29 is 9.59 Å². The predicted molar refractivity (Wildman–Crippen MR) is 80.9 cm³/mol. The molecule has 0 N–H and O–H groups in total. The first-order valence-electron chi connectivity index (χ1n) is 7.24. The summed E-state index contributed by atoms with van der Waals surface area (Å²) in [5, 5.41) is 12.9. The number of carbonyl (C=O) groups excluding carboxylic acids is 2. The molecule has 0 bridgehead atoms. The highest BCUT2D eigenvalue weighted by Crippen LogP contribution is 2.20. The highest BCUT2D eigenvalue weighted by Gasteiger charge is 2.26. The van der Waals surface area contributed by atoms with Gasteiger partial charge in [-0.25, -0.2) is 0 Å². The van der Waals surface area contributed by atoms with E-state index >= 15 is 0 Å². The van der Waals surface area contributed by atoms with Crippen LogP contribution in [0, 0.1) is 0 Å². The maximum Gasteiger partial charge on any atom is 0.284 e. The number of carbonyl (C=O) groups is 2. The molecule has 9 heteroatoms. The van der Waals surface area contributed by atoms with Crippen LogP contribution in [0.3, 0.4) is 0 Å². The number of rotatable bonds is 2. The molecule has 1 aliphatic rings. The van der Waals surface area contributed by atoms with Crippen LogP contribution in [0.5, 0.6) is 0 Å². The van der Waals surface area contributed by atoms with E-state index in [-0.39, 0.29) is 17.7 Å². The summed E-state index contributed by atoms with van der Waals surface area (Å²) >= 11 is 1.25. The minimum Gasteiger partial charge on any atom is -0.339 e. The molecule has 1 aliphatic heterocycles. The van der Waals surface area contributed by atoms with Gasteiger partial charge in [-0.1, -0.05) is 25.2 Å². The normalized spacial score (nSPS) is 15.8. The summed E-state index contributed by atoms with van der Waals surface area (Å²) in [6, 6.07) is 0. The molecule has 0 aliphatic carbocycles. The number of nitrogens with zero attached hydrogens (tertiary/aromatic N) is 6. The Kier molecular flexibility index (Phi) is 3.81. The minimum atomic E-state index is -0.103. The van der Waals surface area contributed by atoms with Gasteiger partial charge in [0, 0.05) is 39.0 Å². The molecule has 0 aromatic carbocycles. The Balaban J connectivity index is 1.77. The van der Waals surface area contributed by atoms with Gasteiger partial charge in [0.2, 0.25) is 15.9 Å². The zero-order valence-corrected chi connectivity index (χ0v) is 13.6. The van der Waals surface area contributed by atoms with Crippen molar-refractivity contribution in [3.8, 4) is 0 Å². The van der Waals surface area contributed by atoms with Crippen LogP contribution in [-0.4, -0.2) is 67.6 Å². The molecule has 8 nitrogen and oxygen atoms in total. The maximum absolute atomic E-state index is 12.5. The van der Waals surface area contributed by atoms with E-state index in [9.17, 15) is 9.59 Å². The second-order valence-electron chi connectivity index (χ2n) is 5.61. The summed E-state index contributed by atoms with van der Waals surface area (Å²) in [5.74, 6) is 0.895. The van der Waals surface area contributed by atoms with Gasteiger partial charge in [0.25, 0.3) is 5.91 Å². The van der Waals surface area contributed by atoms with E-state index < -0.39 is 0 Å². The van der Waals surface area contributed by atoms with E-state index in [2.05, 4.69) is 15.3 Å². The Morgan fingerprint density at radius 2 is 1.73 bits per heavy atom. The number of aromatic nitrogens is 4. The molecule has 3 heterocycles. The van der Waals surface area contributed by atoms with Gasteiger partial charge < -0.3 is 9.80 Å². The van der Waals surface area contributed by atoms with Gasteiger partial charge in [0.15, 0.2) is 5.82 Å². The van der Waals surface area contributed by atoms with Crippen molar-refractivity contribution in [1.29, 1.82) is 0 Å². The largest absolute Gasteiger partial charge is 0.339 e. The van der Waals surface area contributed by atoms with Crippen LogP contribution in [0.1, 0.15) is 42.3 Å². The van der Waals surface area contributed by atoms with Crippen LogP contribution >= 0.6 is 11.3 Å². The van der Waals surface area contributed by atoms with Crippen molar-refractivity contribution in [3.63, 3.8) is 0 Å². The van der Waals surface area contributed by atoms with Crippen LogP contribution in [-0.2, 0) is 4.79 Å². The summed E-state index contributed by atoms with van der Waals surface area (Å²) in [7, 11) is 0. The number of fused-ring (bicyclic) bond motifs is 1. The van der Waals surface area contributed by atoms with E-state index in [1.807, 2.05) is 13.8 Å². The van der Waals surface area contributed by atoms with Gasteiger partial charge in [-0.15, -0.1) is 15.3 Å². The third-order valence-corrected chi connectivity index (χ3v) is 4.61. The summed E-state index contributed by atoms with van der Waals surface area (Å²) in [5.41, 5.74) is 0. The quantitative estimate of drug-likeness (QED) is 0.809. The lowest BCUT2D eigenvalue weighted by Gasteiger charge is -2.33. The standard InChI is InChI=1S/C13H18N6O2S/c1-8(2)10-14-15-13-19(10)16-11(22-13)12(21)18-6-4-17(5-7-18)9(3)20/h8H,4-7H2,1-3H3. The van der Waals surface area contributed by atoms with Crippen LogP contribution in [0.25, 0.3) is 4.96 Å². The molecule has 22 heavy (non-hydrogen) atoms. The molecule has 0 radical (unpaired) electrons. The lowest BCUT2D eigenvalue weighted by molar-refractivity contribution is -0.130. The molecule has 0 unspecified atom stereocenters. The molecule has 3 rings (SSSR count). The van der Waals surface area contributed by atoms with Crippen LogP contribution in [0.15, 0.2) is 0 Å². The fourth-order valence-corrected chi connectivity index (χ4v) is 3.25. The topological polar surface area (TPSA) is 83.7 Å². The van der Waals surface area contributed by atoms with Crippen molar-refractivity contribution in [3.05, 3.63) is 10.8 Å². The van der Waals surface area contributed by atoms with Gasteiger partial charge >= 0.3 is 0 Å². The number of hydrogen-bond acceptors (Lipinski definition) is 6. The monoisotopic (exact) mass is 322 g/mol. The average molecular weight is 322 g/mol. The Labute approximate surface area is 131 Å². The van der Waals surface area contributed by atoms with Gasteiger partial charge in [0.05, 0.1) is 0 Å². The van der Waals surface area contributed by atoms with Crippen molar-refractivity contribution in [2.75, 3.05) is 26.2 Å². The summed E-state index contributed by atoms with van der Waals surface area (Å²) in [4.78, 5) is 28.0. The fraction of sp³-hybridized carbons (Fsp3) is 0.615. The molecule has 2 aromatic heterocycles. The molecule has 1 fully saturated rings. The molecule has 118 valence electrons. The molecular weight excluding hydrogens is 304 g/mol. The number of piperazine rings is 1. The molecule has 0 spiro atoms. The Morgan fingerprint density at radius 1 is 1.09 bits per heavy atom. The van der Waals surface area contributed by atoms with E-state index in [4.69, 9.17) is 0 Å². The highest BCUT2D eigenvalue weighted by atomic mass is 32.1. The van der Waals surface area contributed by atoms with Crippen LogP contribution in [0.2, 0.25) is 0 Å². The summed E-state index contributed by atoms with van der Waals surface area (Å²) in [6.07, 6.45) is 0. The van der Waals surface area contributed by atoms with Crippen molar-refractivity contribution in [2.24, 2.45) is 0 Å². The van der Waals surface area contributed by atoms with E-state index in [1.165, 1.54) is 11.3 Å². The second-order valence-corrected chi connectivity index (χ2v) is 6.57. The average Bonchev–Trinajstić information content (AvgIpc) is 3.06. The van der Waals surface area contributed by atoms with Crippen molar-refractivity contribution in [2.45, 2.75) is 26.7 Å². The predicted octanol–water partition coefficient (Wildman–Crippen LogP) is 0.613. The lowest BCUT2D eigenvalue weighted by atomic mass is 10.2. The molecule has 1 saturated heterocycles. The SMILES string of the molecule is CC(=O)N1CCN(C(=O)c2nn3c(C(C)C)nnc3s2)CC1. The minimum absolute atomic E-state index is 0.0486. The Hall–Kier alpha value is -2.03. The summed E-state index contributed by atoms with van der Waals surface area (Å²) in [6.45, 7) is 7.79. The number of amides is 2. The lowest BCUT2D eigenvalue weighted by Crippen LogP contribution is -2.50. The van der Waals surface area contributed by atoms with Crippen molar-refractivity contribution in [1.82, 2.24) is 29.6 Å². The highest BCUT2D eigenvalue weighted by molar-refractivity contribution is 7.18. The molecule has 0 saturated carbocycles. The first-order chi connectivity index (χ1) is 10.5. The maximum atomic E-state index is 12.5. The molecule has 0 atom stereocenters. The smallest absolute Gasteiger partial charge is 0.284 e. The Morgan fingerprint density at radius 3 is 2.32 bits per heavy atom. The molecule has 2 amide bonds. The van der Waals surface area contributed by atoms with Crippen LogP contribution < -0.4 is 0 Å².